The van der Waals surface area contributed by atoms with Gasteiger partial charge in [0.15, 0.2) is 5.75 Å². The molecule has 1 aromatic heterocycles. The van der Waals surface area contributed by atoms with Crippen molar-refractivity contribution < 1.29 is 40.7 Å². The maximum absolute atomic E-state index is 13.7. The van der Waals surface area contributed by atoms with Gasteiger partial charge in [0, 0.05) is 22.8 Å². The number of ether oxygens (including phenoxy) is 1. The van der Waals surface area contributed by atoms with Gasteiger partial charge in [-0.15, -0.1) is 0 Å². The molecule has 0 spiro atoms. The molecule has 176 valence electrons. The van der Waals surface area contributed by atoms with Crippen LogP contribution in [-0.4, -0.2) is 16.8 Å². The summed E-state index contributed by atoms with van der Waals surface area (Å²) in [5, 5.41) is 2.20. The van der Waals surface area contributed by atoms with Gasteiger partial charge < -0.3 is 20.8 Å². The molecule has 0 aliphatic heterocycles. The molecule has 0 radical (unpaired) electrons. The first-order chi connectivity index (χ1) is 15.2. The number of fused-ring (bicyclic) bond motifs is 1. The average molecular weight is 473 g/mol. The third-order valence-electron chi connectivity index (χ3n) is 4.71. The van der Waals surface area contributed by atoms with Crippen molar-refractivity contribution in [1.29, 1.82) is 0 Å². The van der Waals surface area contributed by atoms with Crippen LogP contribution in [0.2, 0.25) is 0 Å². The van der Waals surface area contributed by atoms with Gasteiger partial charge in [0.2, 0.25) is 0 Å². The molecule has 0 fully saturated rings. The van der Waals surface area contributed by atoms with Crippen molar-refractivity contribution in [2.75, 3.05) is 5.32 Å². The molecule has 33 heavy (non-hydrogen) atoms. The molecule has 0 bridgehead atoms. The van der Waals surface area contributed by atoms with Crippen molar-refractivity contribution in [3.05, 3.63) is 53.2 Å². The van der Waals surface area contributed by atoms with Crippen LogP contribution in [0, 0.1) is 0 Å². The van der Waals surface area contributed by atoms with Crippen molar-refractivity contribution in [1.82, 2.24) is 4.98 Å². The van der Waals surface area contributed by atoms with E-state index in [1.54, 1.807) is 11.5 Å². The number of anilines is 1. The van der Waals surface area contributed by atoms with E-state index < -0.39 is 46.7 Å². The first-order valence-electron chi connectivity index (χ1n) is 9.40. The standard InChI is InChI=1S/C21H17F6N3O3/c1-9(2)13-8-29-16-4-3-11(7-12(13)16)33-17-14(20(22,23)24)5-10(30-19(32)18(28)31)6-15(17)21(25,26)27/h3-9,29H,1-2H3,(H2,28,31)(H,30,32). The van der Waals surface area contributed by atoms with Crippen LogP contribution in [0.1, 0.15) is 36.5 Å². The second-order valence-electron chi connectivity index (χ2n) is 7.42. The van der Waals surface area contributed by atoms with Gasteiger partial charge in [0.1, 0.15) is 16.9 Å². The Morgan fingerprint density at radius 1 is 1.00 bits per heavy atom. The molecule has 12 heteroatoms. The van der Waals surface area contributed by atoms with Gasteiger partial charge in [-0.3, -0.25) is 9.59 Å². The first-order valence-corrected chi connectivity index (χ1v) is 9.40. The molecular weight excluding hydrogens is 456 g/mol. The number of aromatic nitrogens is 1. The molecule has 2 amide bonds. The van der Waals surface area contributed by atoms with Crippen LogP contribution < -0.4 is 15.8 Å². The Morgan fingerprint density at radius 3 is 2.06 bits per heavy atom. The van der Waals surface area contributed by atoms with Crippen LogP contribution in [-0.2, 0) is 21.9 Å². The number of halogens is 6. The van der Waals surface area contributed by atoms with Crippen LogP contribution in [0.15, 0.2) is 36.5 Å². The maximum atomic E-state index is 13.7. The average Bonchev–Trinajstić information content (AvgIpc) is 3.10. The van der Waals surface area contributed by atoms with E-state index in [0.717, 1.165) is 5.56 Å². The van der Waals surface area contributed by atoms with Gasteiger partial charge in [-0.25, -0.2) is 0 Å². The molecule has 1 heterocycles. The van der Waals surface area contributed by atoms with Gasteiger partial charge in [-0.2, -0.15) is 26.3 Å². The number of hydrogen-bond donors (Lipinski definition) is 3. The zero-order valence-corrected chi connectivity index (χ0v) is 17.1. The fourth-order valence-corrected chi connectivity index (χ4v) is 3.21. The second kappa shape index (κ2) is 8.34. The number of carbonyl (C=O) groups is 2. The Labute approximate surface area is 182 Å². The summed E-state index contributed by atoms with van der Waals surface area (Å²) in [6.07, 6.45) is -8.88. The number of hydrogen-bond acceptors (Lipinski definition) is 3. The molecule has 4 N–H and O–H groups in total. The predicted molar refractivity (Wildman–Crippen MR) is 107 cm³/mol. The van der Waals surface area contributed by atoms with E-state index >= 15 is 0 Å². The van der Waals surface area contributed by atoms with Crippen molar-refractivity contribution in [3.63, 3.8) is 0 Å². The Kier molecular flexibility index (Phi) is 6.05. The molecule has 0 saturated carbocycles. The molecule has 6 nitrogen and oxygen atoms in total. The van der Waals surface area contributed by atoms with Gasteiger partial charge >= 0.3 is 24.2 Å². The molecule has 0 unspecified atom stereocenters. The topological polar surface area (TPSA) is 97.2 Å². The summed E-state index contributed by atoms with van der Waals surface area (Å²) in [6.45, 7) is 3.75. The van der Waals surface area contributed by atoms with Crippen molar-refractivity contribution >= 4 is 28.4 Å². The number of rotatable bonds is 4. The van der Waals surface area contributed by atoms with E-state index in [0.29, 0.717) is 10.9 Å². The van der Waals surface area contributed by atoms with E-state index in [-0.39, 0.29) is 23.8 Å². The smallest absolute Gasteiger partial charge is 0.420 e. The van der Waals surface area contributed by atoms with Crippen molar-refractivity contribution in [2.45, 2.75) is 32.1 Å². The van der Waals surface area contributed by atoms with Crippen LogP contribution in [0.3, 0.4) is 0 Å². The zero-order valence-electron chi connectivity index (χ0n) is 17.1. The van der Waals surface area contributed by atoms with E-state index in [1.165, 1.54) is 18.2 Å². The summed E-state index contributed by atoms with van der Waals surface area (Å²) < 4.78 is 87.4. The summed E-state index contributed by atoms with van der Waals surface area (Å²) in [4.78, 5) is 25.3. The van der Waals surface area contributed by atoms with Crippen molar-refractivity contribution in [3.8, 4) is 11.5 Å². The maximum Gasteiger partial charge on any atom is 0.420 e. The molecule has 3 rings (SSSR count). The molecule has 3 aromatic rings. The number of nitrogens with two attached hydrogens (primary N) is 1. The zero-order chi connectivity index (χ0) is 24.7. The highest BCUT2D eigenvalue weighted by Gasteiger charge is 2.43. The molecular formula is C21H17F6N3O3. The number of amides is 2. The summed E-state index contributed by atoms with van der Waals surface area (Å²) in [5.41, 5.74) is 1.62. The lowest BCUT2D eigenvalue weighted by Gasteiger charge is -2.21. The normalized spacial score (nSPS) is 12.3. The lowest BCUT2D eigenvalue weighted by Crippen LogP contribution is -2.30. The quantitative estimate of drug-likeness (QED) is 0.343. The summed E-state index contributed by atoms with van der Waals surface area (Å²) >= 11 is 0. The van der Waals surface area contributed by atoms with Crippen LogP contribution in [0.5, 0.6) is 11.5 Å². The number of primary amides is 1. The Morgan fingerprint density at radius 2 is 1.58 bits per heavy atom. The number of carbonyl (C=O) groups excluding carboxylic acids is 2. The lowest BCUT2D eigenvalue weighted by atomic mass is 10.0. The second-order valence-corrected chi connectivity index (χ2v) is 7.42. The van der Waals surface area contributed by atoms with Gasteiger partial charge in [0.05, 0.1) is 0 Å². The van der Waals surface area contributed by atoms with E-state index in [1.807, 2.05) is 13.8 Å². The third-order valence-corrected chi connectivity index (χ3v) is 4.71. The highest BCUT2D eigenvalue weighted by Crippen LogP contribution is 2.47. The number of benzene rings is 2. The minimum Gasteiger partial charge on any atom is -0.456 e. The fourth-order valence-electron chi connectivity index (χ4n) is 3.21. The van der Waals surface area contributed by atoms with Crippen LogP contribution in [0.4, 0.5) is 32.0 Å². The molecule has 0 atom stereocenters. The highest BCUT2D eigenvalue weighted by molar-refractivity contribution is 6.39. The third kappa shape index (κ3) is 5.04. The highest BCUT2D eigenvalue weighted by atomic mass is 19.4. The number of nitrogens with one attached hydrogen (secondary N) is 2. The van der Waals surface area contributed by atoms with Gasteiger partial charge in [-0.1, -0.05) is 13.8 Å². The molecule has 0 aliphatic carbocycles. The van der Waals surface area contributed by atoms with Crippen molar-refractivity contribution in [2.24, 2.45) is 5.73 Å². The minimum atomic E-state index is -5.29. The van der Waals surface area contributed by atoms with E-state index in [4.69, 9.17) is 10.5 Å². The number of H-pyrrole nitrogens is 1. The molecule has 0 aliphatic rings. The van der Waals surface area contributed by atoms with E-state index in [2.05, 4.69) is 4.98 Å². The number of aromatic amines is 1. The predicted octanol–water partition coefficient (Wildman–Crippen LogP) is 5.55. The SMILES string of the molecule is CC(C)c1c[nH]c2ccc(Oc3c(C(F)(F)F)cc(NC(=O)C(N)=O)cc3C(F)(F)F)cc12. The largest absolute Gasteiger partial charge is 0.456 e. The molecule has 0 saturated heterocycles. The first kappa shape index (κ1) is 24.0. The van der Waals surface area contributed by atoms with Gasteiger partial charge in [0.25, 0.3) is 0 Å². The van der Waals surface area contributed by atoms with E-state index in [9.17, 15) is 35.9 Å². The summed E-state index contributed by atoms with van der Waals surface area (Å²) in [5.74, 6) is -4.89. The fraction of sp³-hybridized carbons (Fsp3) is 0.238. The van der Waals surface area contributed by atoms with Gasteiger partial charge in [-0.05, 0) is 41.8 Å². The van der Waals surface area contributed by atoms with Crippen LogP contribution >= 0.6 is 0 Å². The molecule has 2 aromatic carbocycles. The number of alkyl halides is 6. The minimum absolute atomic E-state index is 0.0265. The lowest BCUT2D eigenvalue weighted by molar-refractivity contribution is -0.145. The monoisotopic (exact) mass is 473 g/mol. The summed E-state index contributed by atoms with van der Waals surface area (Å²) in [6, 6.07) is 4.51. The Bertz CT molecular complexity index is 1190. The Balaban J connectivity index is 2.19. The Hall–Kier alpha value is -3.70. The summed E-state index contributed by atoms with van der Waals surface area (Å²) in [7, 11) is 0. The van der Waals surface area contributed by atoms with Crippen LogP contribution in [0.25, 0.3) is 10.9 Å².